The molecule has 0 spiro atoms. The van der Waals surface area contributed by atoms with Gasteiger partial charge in [0.05, 0.1) is 15.9 Å². The Balaban J connectivity index is 1.76. The molecule has 2 unspecified atom stereocenters. The molecule has 8 nitrogen and oxygen atoms in total. The maximum atomic E-state index is 11.1. The summed E-state index contributed by atoms with van der Waals surface area (Å²) >= 11 is 6.32. The molecule has 0 aromatic heterocycles. The van der Waals surface area contributed by atoms with E-state index in [9.17, 15) is 20.2 Å². The number of rotatable bonds is 5. The molecule has 9 heteroatoms. The lowest BCUT2D eigenvalue weighted by atomic mass is 9.50. The zero-order chi connectivity index (χ0) is 19.1. The van der Waals surface area contributed by atoms with Crippen molar-refractivity contribution in [2.24, 2.45) is 22.4 Å². The van der Waals surface area contributed by atoms with Crippen LogP contribution in [0.25, 0.3) is 0 Å². The van der Waals surface area contributed by atoms with E-state index in [2.05, 4.69) is 24.4 Å². The van der Waals surface area contributed by atoms with Crippen LogP contribution >= 0.6 is 11.6 Å². The molecule has 1 saturated carbocycles. The van der Waals surface area contributed by atoms with Crippen LogP contribution in [0.2, 0.25) is 0 Å². The largest absolute Gasteiger partial charge is 0.301 e. The van der Waals surface area contributed by atoms with Gasteiger partial charge in [-0.15, -0.1) is 0 Å². The van der Waals surface area contributed by atoms with Crippen LogP contribution in [0.1, 0.15) is 20.3 Å². The zero-order valence-electron chi connectivity index (χ0n) is 14.2. The van der Waals surface area contributed by atoms with Crippen LogP contribution in [0.3, 0.4) is 0 Å². The molecular weight excluding hydrogens is 360 g/mol. The number of hydrogen-bond donors (Lipinski definition) is 1. The average Bonchev–Trinajstić information content (AvgIpc) is 2.57. The van der Waals surface area contributed by atoms with E-state index in [-0.39, 0.29) is 16.8 Å². The number of nitro groups is 2. The molecule has 2 bridgehead atoms. The summed E-state index contributed by atoms with van der Waals surface area (Å²) < 4.78 is 0. The molecule has 1 aromatic carbocycles. The van der Waals surface area contributed by atoms with Gasteiger partial charge in [0.25, 0.3) is 5.69 Å². The van der Waals surface area contributed by atoms with Crippen LogP contribution in [-0.2, 0) is 0 Å². The Hall–Kier alpha value is -2.74. The summed E-state index contributed by atoms with van der Waals surface area (Å²) in [6.07, 6.45) is 6.31. The lowest BCUT2D eigenvalue weighted by Crippen LogP contribution is -2.48. The van der Waals surface area contributed by atoms with E-state index in [1.54, 1.807) is 0 Å². The second-order valence-corrected chi connectivity index (χ2v) is 7.40. The number of benzene rings is 1. The number of hydrogen-bond acceptors (Lipinski definition) is 6. The number of allylic oxidation sites excluding steroid dienone is 4. The van der Waals surface area contributed by atoms with E-state index < -0.39 is 15.5 Å². The Morgan fingerprint density at radius 2 is 2.00 bits per heavy atom. The number of halogens is 1. The van der Waals surface area contributed by atoms with Gasteiger partial charge in [-0.3, -0.25) is 25.7 Å². The van der Waals surface area contributed by atoms with Crippen molar-refractivity contribution in [1.82, 2.24) is 0 Å². The zero-order valence-corrected chi connectivity index (χ0v) is 14.9. The van der Waals surface area contributed by atoms with Gasteiger partial charge in [0.1, 0.15) is 5.69 Å². The minimum Gasteiger partial charge on any atom is -0.272 e. The van der Waals surface area contributed by atoms with Crippen molar-refractivity contribution in [1.29, 1.82) is 0 Å². The summed E-state index contributed by atoms with van der Waals surface area (Å²) in [6.45, 7) is 4.37. The van der Waals surface area contributed by atoms with Crippen LogP contribution in [-0.4, -0.2) is 16.1 Å². The second-order valence-electron chi connectivity index (χ2n) is 6.96. The van der Waals surface area contributed by atoms with Gasteiger partial charge in [-0.1, -0.05) is 25.4 Å². The van der Waals surface area contributed by atoms with E-state index in [1.165, 1.54) is 18.3 Å². The van der Waals surface area contributed by atoms with Gasteiger partial charge in [0, 0.05) is 23.2 Å². The molecule has 136 valence electrons. The maximum Gasteiger partial charge on any atom is 0.301 e. The van der Waals surface area contributed by atoms with Gasteiger partial charge in [-0.05, 0) is 41.5 Å². The van der Waals surface area contributed by atoms with E-state index in [0.29, 0.717) is 11.8 Å². The lowest BCUT2D eigenvalue weighted by Gasteiger charge is -2.56. The molecule has 0 saturated heterocycles. The smallest absolute Gasteiger partial charge is 0.272 e. The quantitative estimate of drug-likeness (QED) is 0.457. The minimum atomic E-state index is -0.690. The number of nitrogens with zero attached hydrogens (tertiary/aromatic N) is 3. The normalized spacial score (nSPS) is 24.9. The number of nitro benzene ring substituents is 2. The molecule has 0 amide bonds. The third-order valence-corrected chi connectivity index (χ3v) is 5.60. The number of non-ortho nitro benzene ring substituents is 1. The lowest BCUT2D eigenvalue weighted by molar-refractivity contribution is -0.393. The highest BCUT2D eigenvalue weighted by Gasteiger charge is 2.52. The van der Waals surface area contributed by atoms with Crippen molar-refractivity contribution < 1.29 is 9.85 Å². The van der Waals surface area contributed by atoms with Crippen LogP contribution < -0.4 is 5.43 Å². The molecule has 0 heterocycles. The Labute approximate surface area is 154 Å². The minimum absolute atomic E-state index is 0.0801. The van der Waals surface area contributed by atoms with Crippen LogP contribution in [0.5, 0.6) is 0 Å². The first-order valence-corrected chi connectivity index (χ1v) is 8.38. The third-order valence-electron chi connectivity index (χ3n) is 5.22. The van der Waals surface area contributed by atoms with E-state index in [0.717, 1.165) is 23.1 Å². The summed E-state index contributed by atoms with van der Waals surface area (Å²) in [5.74, 6) is 0.819. The molecule has 3 aliphatic carbocycles. The molecule has 3 aliphatic rings. The Morgan fingerprint density at radius 1 is 1.27 bits per heavy atom. The monoisotopic (exact) mass is 376 g/mol. The van der Waals surface area contributed by atoms with Gasteiger partial charge in [-0.2, -0.15) is 5.10 Å². The molecule has 1 N–H and O–H groups in total. The number of nitrogens with one attached hydrogen (secondary N) is 1. The first-order valence-electron chi connectivity index (χ1n) is 8.01. The highest BCUT2D eigenvalue weighted by atomic mass is 35.5. The van der Waals surface area contributed by atoms with Crippen molar-refractivity contribution in [2.75, 3.05) is 5.43 Å². The van der Waals surface area contributed by atoms with Gasteiger partial charge in [0.15, 0.2) is 0 Å². The van der Waals surface area contributed by atoms with Crippen molar-refractivity contribution in [2.45, 2.75) is 20.3 Å². The summed E-state index contributed by atoms with van der Waals surface area (Å²) in [6, 6.07) is 3.35. The van der Waals surface area contributed by atoms with E-state index in [4.69, 9.17) is 11.6 Å². The second kappa shape index (κ2) is 6.53. The van der Waals surface area contributed by atoms with Gasteiger partial charge < -0.3 is 0 Å². The Kier molecular flexibility index (Phi) is 4.53. The molecule has 0 aliphatic heterocycles. The van der Waals surface area contributed by atoms with Gasteiger partial charge >= 0.3 is 5.69 Å². The molecule has 1 fully saturated rings. The molecule has 26 heavy (non-hydrogen) atoms. The molecule has 1 aromatic rings. The van der Waals surface area contributed by atoms with Gasteiger partial charge in [-0.25, -0.2) is 0 Å². The van der Waals surface area contributed by atoms with Crippen molar-refractivity contribution >= 4 is 34.9 Å². The van der Waals surface area contributed by atoms with E-state index in [1.807, 2.05) is 12.2 Å². The Morgan fingerprint density at radius 3 is 2.58 bits per heavy atom. The van der Waals surface area contributed by atoms with Crippen LogP contribution in [0.4, 0.5) is 17.1 Å². The topological polar surface area (TPSA) is 111 Å². The summed E-state index contributed by atoms with van der Waals surface area (Å²) in [5, 5.41) is 26.7. The van der Waals surface area contributed by atoms with Crippen molar-refractivity contribution in [3.05, 3.63) is 61.2 Å². The van der Waals surface area contributed by atoms with Crippen LogP contribution in [0, 0.1) is 37.5 Å². The fourth-order valence-corrected chi connectivity index (χ4v) is 4.09. The average molecular weight is 377 g/mol. The first kappa shape index (κ1) is 18.1. The summed E-state index contributed by atoms with van der Waals surface area (Å²) in [4.78, 5) is 20.5. The fourth-order valence-electron chi connectivity index (χ4n) is 3.59. The molecule has 4 rings (SSSR count). The number of anilines is 1. The SMILES string of the molecule is CC1(C)C2CC1C(=CC=NNc1ccc([N+](=O)[O-])cc1[N+](=O)[O-])C=C2Cl. The van der Waals surface area contributed by atoms with Crippen molar-refractivity contribution in [3.63, 3.8) is 0 Å². The van der Waals surface area contributed by atoms with Gasteiger partial charge in [0.2, 0.25) is 0 Å². The van der Waals surface area contributed by atoms with Crippen LogP contribution in [0.15, 0.2) is 46.1 Å². The molecular formula is C17H17ClN4O4. The third kappa shape index (κ3) is 3.08. The Bertz CT molecular complexity index is 876. The van der Waals surface area contributed by atoms with Crippen molar-refractivity contribution in [3.8, 4) is 0 Å². The fraction of sp³-hybridized carbons (Fsp3) is 0.353. The molecule has 0 radical (unpaired) electrons. The van der Waals surface area contributed by atoms with E-state index >= 15 is 0 Å². The predicted molar refractivity (Wildman–Crippen MR) is 99.3 cm³/mol. The molecule has 2 atom stereocenters. The summed E-state index contributed by atoms with van der Waals surface area (Å²) in [5.41, 5.74) is 3.08. The summed E-state index contributed by atoms with van der Waals surface area (Å²) in [7, 11) is 0. The first-order chi connectivity index (χ1) is 12.2. The standard InChI is InChI=1S/C17H17ClN4O4/c1-17(2)12-9-13(17)14(18)7-10(12)5-6-19-20-15-4-3-11(21(23)24)8-16(15)22(25)26/h3-8,12-13,20H,9H2,1-2H3. The maximum absolute atomic E-state index is 11.1. The predicted octanol–water partition coefficient (Wildman–Crippen LogP) is 4.63. The highest BCUT2D eigenvalue weighted by molar-refractivity contribution is 6.30. The number of fused-ring (bicyclic) bond motifs is 1. The highest BCUT2D eigenvalue weighted by Crippen LogP contribution is 2.61. The number of hydrazone groups is 1.